The number of benzene rings is 2. The molecule has 11 heteroatoms. The van der Waals surface area contributed by atoms with Crippen LogP contribution in [0.4, 0.5) is 5.69 Å². The number of nitrogens with one attached hydrogen (secondary N) is 1. The average molecular weight is 678 g/mol. The molecule has 46 heavy (non-hydrogen) atoms. The molecular weight excluding hydrogens is 626 g/mol. The molecule has 2 aromatic carbocycles. The predicted octanol–water partition coefficient (Wildman–Crippen LogP) is 6.45. The summed E-state index contributed by atoms with van der Waals surface area (Å²) >= 11 is 5.96. The number of hydrogen-bond acceptors (Lipinski definition) is 7. The number of anilines is 1. The van der Waals surface area contributed by atoms with Gasteiger partial charge in [0.2, 0.25) is 0 Å². The van der Waals surface area contributed by atoms with Gasteiger partial charge in [-0.2, -0.15) is 0 Å². The highest BCUT2D eigenvalue weighted by molar-refractivity contribution is 7.92. The van der Waals surface area contributed by atoms with E-state index in [2.05, 4.69) is 23.6 Å². The molecule has 1 amide bonds. The van der Waals surface area contributed by atoms with Gasteiger partial charge in [0, 0.05) is 42.9 Å². The number of ether oxygens (including phenoxy) is 2. The number of nitrogens with zero attached hydrogens (tertiary/aromatic N) is 2. The Hall–Kier alpha value is -2.37. The number of sulfonamides is 1. The minimum atomic E-state index is -3.94. The van der Waals surface area contributed by atoms with Crippen molar-refractivity contribution < 1.29 is 27.8 Å². The molecule has 1 saturated carbocycles. The zero-order valence-electron chi connectivity index (χ0n) is 27.8. The van der Waals surface area contributed by atoms with E-state index in [4.69, 9.17) is 21.1 Å². The Morgan fingerprint density at radius 1 is 1.02 bits per heavy atom. The molecule has 2 aliphatic rings. The fourth-order valence-electron chi connectivity index (χ4n) is 6.47. The highest BCUT2D eigenvalue weighted by Crippen LogP contribution is 2.30. The molecule has 0 bridgehead atoms. The van der Waals surface area contributed by atoms with Gasteiger partial charge in [0.1, 0.15) is 5.75 Å². The van der Waals surface area contributed by atoms with Crippen LogP contribution in [-0.2, 0) is 14.8 Å². The van der Waals surface area contributed by atoms with Gasteiger partial charge in [0.15, 0.2) is 0 Å². The third kappa shape index (κ3) is 10.3. The van der Waals surface area contributed by atoms with E-state index in [-0.39, 0.29) is 46.8 Å². The lowest BCUT2D eigenvalue weighted by molar-refractivity contribution is -0.0190. The first kappa shape index (κ1) is 36.5. The third-order valence-corrected chi connectivity index (χ3v) is 10.9. The lowest BCUT2D eigenvalue weighted by atomic mass is 9.89. The zero-order valence-corrected chi connectivity index (χ0v) is 29.4. The van der Waals surface area contributed by atoms with E-state index in [1.165, 1.54) is 62.4 Å². The van der Waals surface area contributed by atoms with E-state index in [1.54, 1.807) is 17.0 Å². The summed E-state index contributed by atoms with van der Waals surface area (Å²) in [4.78, 5) is 18.5. The van der Waals surface area contributed by atoms with Crippen molar-refractivity contribution in [1.82, 2.24) is 9.80 Å². The highest BCUT2D eigenvalue weighted by Gasteiger charge is 2.31. The number of fused-ring (bicyclic) bond motifs is 1. The summed E-state index contributed by atoms with van der Waals surface area (Å²) in [5, 5.41) is 10.7. The van der Waals surface area contributed by atoms with Gasteiger partial charge in [-0.3, -0.25) is 9.52 Å². The number of amides is 1. The van der Waals surface area contributed by atoms with Crippen LogP contribution >= 0.6 is 11.6 Å². The largest absolute Gasteiger partial charge is 0.490 e. The lowest BCUT2D eigenvalue weighted by Crippen LogP contribution is -2.47. The van der Waals surface area contributed by atoms with E-state index in [0.29, 0.717) is 29.8 Å². The Bertz CT molecular complexity index is 1370. The maximum Gasteiger partial charge on any atom is 0.261 e. The Morgan fingerprint density at radius 2 is 1.72 bits per heavy atom. The van der Waals surface area contributed by atoms with Crippen LogP contribution in [0.2, 0.25) is 5.02 Å². The fourth-order valence-corrected chi connectivity index (χ4v) is 7.64. The minimum Gasteiger partial charge on any atom is -0.490 e. The maximum atomic E-state index is 14.4. The molecule has 0 saturated heterocycles. The van der Waals surface area contributed by atoms with Crippen molar-refractivity contribution >= 4 is 33.2 Å². The first-order valence-corrected chi connectivity index (χ1v) is 18.6. The molecular formula is C35H52ClN3O6S. The van der Waals surface area contributed by atoms with Crippen LogP contribution < -0.4 is 9.46 Å². The second-order valence-electron chi connectivity index (χ2n) is 13.3. The lowest BCUT2D eigenvalue weighted by Gasteiger charge is -2.36. The van der Waals surface area contributed by atoms with Crippen LogP contribution in [0.1, 0.15) is 82.5 Å². The van der Waals surface area contributed by atoms with Gasteiger partial charge in [0.25, 0.3) is 15.9 Å². The van der Waals surface area contributed by atoms with Crippen LogP contribution in [0.15, 0.2) is 47.4 Å². The quantitative estimate of drug-likeness (QED) is 0.314. The van der Waals surface area contributed by atoms with Crippen molar-refractivity contribution in [3.8, 4) is 5.75 Å². The molecule has 0 unspecified atom stereocenters. The number of halogens is 1. The Kier molecular flexibility index (Phi) is 13.6. The summed E-state index contributed by atoms with van der Waals surface area (Å²) < 4.78 is 41.7. The molecule has 9 nitrogen and oxygen atoms in total. The number of likely N-dealkylation sites (N-methyl/N-ethyl adjacent to an activating group) is 1. The van der Waals surface area contributed by atoms with Crippen molar-refractivity contribution in [3.05, 3.63) is 53.1 Å². The standard InChI is InChI=1S/C35H52ClN3O6S/c1-25-21-39(26(2)24-40)35(41)32-20-30(37-46(42,43)31-16-13-29(36)14-17-31)15-18-33(32)45-27(3)10-8-9-19-44-34(25)23-38(4)22-28-11-6-5-7-12-28/h13-18,20,25-28,34,37,40H,5-12,19,21-24H2,1-4H3/t25-,26-,27+,34-/m0/s1. The van der Waals surface area contributed by atoms with Crippen molar-refractivity contribution in [2.24, 2.45) is 11.8 Å². The van der Waals surface area contributed by atoms with Crippen molar-refractivity contribution in [1.29, 1.82) is 0 Å². The van der Waals surface area contributed by atoms with Crippen LogP contribution in [0.3, 0.4) is 0 Å². The van der Waals surface area contributed by atoms with E-state index < -0.39 is 16.1 Å². The van der Waals surface area contributed by atoms with Crippen molar-refractivity contribution in [2.45, 2.75) is 95.3 Å². The highest BCUT2D eigenvalue weighted by atomic mass is 35.5. The fraction of sp³-hybridized carbons (Fsp3) is 0.629. The molecule has 0 radical (unpaired) electrons. The van der Waals surface area contributed by atoms with E-state index in [9.17, 15) is 18.3 Å². The number of hydrogen-bond donors (Lipinski definition) is 2. The van der Waals surface area contributed by atoms with Crippen LogP contribution in [0.25, 0.3) is 0 Å². The van der Waals surface area contributed by atoms with Crippen LogP contribution in [0, 0.1) is 11.8 Å². The van der Waals surface area contributed by atoms with Crippen LogP contribution in [-0.4, -0.2) is 87.4 Å². The summed E-state index contributed by atoms with van der Waals surface area (Å²) in [6, 6.07) is 10.2. The number of aliphatic hydroxyl groups is 1. The van der Waals surface area contributed by atoms with Crippen LogP contribution in [0.5, 0.6) is 5.75 Å². The molecule has 0 aromatic heterocycles. The topological polar surface area (TPSA) is 108 Å². The van der Waals surface area contributed by atoms with E-state index >= 15 is 0 Å². The predicted molar refractivity (Wildman–Crippen MR) is 183 cm³/mol. The van der Waals surface area contributed by atoms with E-state index in [0.717, 1.165) is 32.4 Å². The van der Waals surface area contributed by atoms with Gasteiger partial charge < -0.3 is 24.4 Å². The molecule has 256 valence electrons. The molecule has 1 aliphatic carbocycles. The SMILES string of the molecule is C[C@@H]1CCCCO[C@@H](CN(C)CC2CCCCC2)[C@@H](C)CN([C@@H](C)CO)C(=O)c2cc(NS(=O)(=O)c3ccc(Cl)cc3)ccc2O1. The molecule has 1 heterocycles. The normalized spacial score (nSPS) is 23.3. The average Bonchev–Trinajstić information content (AvgIpc) is 3.03. The monoisotopic (exact) mass is 677 g/mol. The molecule has 2 N–H and O–H groups in total. The zero-order chi connectivity index (χ0) is 33.3. The summed E-state index contributed by atoms with van der Waals surface area (Å²) in [5.74, 6) is 0.732. The van der Waals surface area contributed by atoms with Crippen molar-refractivity contribution in [3.63, 3.8) is 0 Å². The second-order valence-corrected chi connectivity index (χ2v) is 15.4. The van der Waals surface area contributed by atoms with Gasteiger partial charge in [-0.05, 0) is 101 Å². The first-order chi connectivity index (χ1) is 22.0. The molecule has 4 rings (SSSR count). The van der Waals surface area contributed by atoms with Gasteiger partial charge >= 0.3 is 0 Å². The Morgan fingerprint density at radius 3 is 2.41 bits per heavy atom. The third-order valence-electron chi connectivity index (χ3n) is 9.21. The first-order valence-electron chi connectivity index (χ1n) is 16.8. The smallest absolute Gasteiger partial charge is 0.261 e. The molecule has 1 fully saturated rings. The van der Waals surface area contributed by atoms with Crippen molar-refractivity contribution in [2.75, 3.05) is 44.6 Å². The Balaban J connectivity index is 1.62. The molecule has 2 aromatic rings. The van der Waals surface area contributed by atoms with E-state index in [1.807, 2.05) is 13.8 Å². The second kappa shape index (κ2) is 17.2. The summed E-state index contributed by atoms with van der Waals surface area (Å²) in [7, 11) is -1.78. The summed E-state index contributed by atoms with van der Waals surface area (Å²) in [5.41, 5.74) is 0.467. The summed E-state index contributed by atoms with van der Waals surface area (Å²) in [6.45, 7) is 8.46. The molecule has 1 aliphatic heterocycles. The van der Waals surface area contributed by atoms with Gasteiger partial charge in [-0.15, -0.1) is 0 Å². The molecule has 4 atom stereocenters. The number of carbonyl (C=O) groups is 1. The van der Waals surface area contributed by atoms with Gasteiger partial charge in [0.05, 0.1) is 35.3 Å². The number of aliphatic hydroxyl groups excluding tert-OH is 1. The summed E-state index contributed by atoms with van der Waals surface area (Å²) in [6.07, 6.45) is 8.82. The molecule has 0 spiro atoms. The Labute approximate surface area is 280 Å². The van der Waals surface area contributed by atoms with Gasteiger partial charge in [-0.1, -0.05) is 37.8 Å². The number of carbonyl (C=O) groups excluding carboxylic acids is 1. The van der Waals surface area contributed by atoms with Gasteiger partial charge in [-0.25, -0.2) is 8.42 Å². The minimum absolute atomic E-state index is 0.0235. The maximum absolute atomic E-state index is 14.4. The number of rotatable bonds is 9.